The van der Waals surface area contributed by atoms with E-state index < -0.39 is 6.10 Å². The van der Waals surface area contributed by atoms with Crippen molar-refractivity contribution in [2.24, 2.45) is 5.92 Å². The second kappa shape index (κ2) is 10.1. The van der Waals surface area contributed by atoms with Crippen molar-refractivity contribution >= 4 is 11.8 Å². The molecule has 1 aliphatic heterocycles. The molecule has 0 amide bonds. The van der Waals surface area contributed by atoms with Crippen molar-refractivity contribution in [3.05, 3.63) is 42.5 Å². The van der Waals surface area contributed by atoms with Crippen molar-refractivity contribution in [3.8, 4) is 0 Å². The zero-order valence-corrected chi connectivity index (χ0v) is 14.3. The van der Waals surface area contributed by atoms with Crippen LogP contribution in [0.15, 0.2) is 47.4 Å². The molecule has 0 saturated carbocycles. The van der Waals surface area contributed by atoms with Crippen LogP contribution in [0.5, 0.6) is 0 Å². The van der Waals surface area contributed by atoms with Gasteiger partial charge in [0.05, 0.1) is 12.2 Å². The summed E-state index contributed by atoms with van der Waals surface area (Å²) in [4.78, 5) is 1.24. The van der Waals surface area contributed by atoms with Crippen LogP contribution >= 0.6 is 11.8 Å². The molecule has 1 aromatic rings. The lowest BCUT2D eigenvalue weighted by molar-refractivity contribution is -0.239. The summed E-state index contributed by atoms with van der Waals surface area (Å²) in [5, 5.41) is 19.7. The number of aliphatic hydroxyl groups excluding tert-OH is 2. The molecule has 0 unspecified atom stereocenters. The highest BCUT2D eigenvalue weighted by Crippen LogP contribution is 2.28. The quantitative estimate of drug-likeness (QED) is 0.564. The van der Waals surface area contributed by atoms with Gasteiger partial charge in [0.1, 0.15) is 0 Å². The Morgan fingerprint density at radius 1 is 1.30 bits per heavy atom. The van der Waals surface area contributed by atoms with E-state index in [4.69, 9.17) is 9.47 Å². The number of rotatable bonds is 8. The van der Waals surface area contributed by atoms with Crippen molar-refractivity contribution in [2.45, 2.75) is 43.2 Å². The van der Waals surface area contributed by atoms with Gasteiger partial charge in [0.25, 0.3) is 0 Å². The second-order valence-corrected chi connectivity index (χ2v) is 6.65. The van der Waals surface area contributed by atoms with Crippen molar-refractivity contribution in [1.82, 2.24) is 0 Å². The molecule has 0 bridgehead atoms. The van der Waals surface area contributed by atoms with E-state index in [9.17, 15) is 10.2 Å². The molecule has 4 atom stereocenters. The summed E-state index contributed by atoms with van der Waals surface area (Å²) in [6.07, 6.45) is 3.97. The minimum atomic E-state index is -0.650. The van der Waals surface area contributed by atoms with Gasteiger partial charge in [-0.1, -0.05) is 30.4 Å². The van der Waals surface area contributed by atoms with Gasteiger partial charge in [-0.15, -0.1) is 11.8 Å². The van der Waals surface area contributed by atoms with E-state index in [0.717, 1.165) is 5.75 Å². The largest absolute Gasteiger partial charge is 0.396 e. The van der Waals surface area contributed by atoms with Crippen molar-refractivity contribution in [1.29, 1.82) is 0 Å². The van der Waals surface area contributed by atoms with Gasteiger partial charge in [-0.05, 0) is 25.5 Å². The number of hydrogen-bond acceptors (Lipinski definition) is 5. The molecule has 1 heterocycles. The number of ether oxygens (including phenoxy) is 2. The Kier molecular flexibility index (Phi) is 8.12. The molecule has 2 N–H and O–H groups in total. The highest BCUT2D eigenvalue weighted by atomic mass is 32.2. The SMILES string of the molecule is CCO[C@@H]1C[C@H](CO)[C@H](O)[C@@H](C/C=C/CSc2ccccc2)O1. The van der Waals surface area contributed by atoms with Gasteiger partial charge >= 0.3 is 0 Å². The van der Waals surface area contributed by atoms with E-state index in [-0.39, 0.29) is 24.9 Å². The smallest absolute Gasteiger partial charge is 0.158 e. The lowest BCUT2D eigenvalue weighted by Crippen LogP contribution is -2.47. The monoisotopic (exact) mass is 338 g/mol. The van der Waals surface area contributed by atoms with Crippen LogP contribution in [0, 0.1) is 5.92 Å². The predicted molar refractivity (Wildman–Crippen MR) is 92.4 cm³/mol. The van der Waals surface area contributed by atoms with Crippen LogP contribution in [0.3, 0.4) is 0 Å². The fourth-order valence-corrected chi connectivity index (χ4v) is 3.43. The summed E-state index contributed by atoms with van der Waals surface area (Å²) >= 11 is 1.77. The maximum absolute atomic E-state index is 10.3. The van der Waals surface area contributed by atoms with E-state index in [2.05, 4.69) is 18.2 Å². The highest BCUT2D eigenvalue weighted by molar-refractivity contribution is 7.99. The van der Waals surface area contributed by atoms with Crippen LogP contribution in [0.1, 0.15) is 19.8 Å². The van der Waals surface area contributed by atoms with E-state index in [1.165, 1.54) is 4.90 Å². The lowest BCUT2D eigenvalue weighted by atomic mass is 9.90. The number of hydrogen-bond donors (Lipinski definition) is 2. The molecule has 5 heteroatoms. The number of aliphatic hydroxyl groups is 2. The molecule has 1 saturated heterocycles. The van der Waals surface area contributed by atoms with Gasteiger partial charge in [-0.2, -0.15) is 0 Å². The number of thioether (sulfide) groups is 1. The summed E-state index contributed by atoms with van der Waals surface area (Å²) < 4.78 is 11.3. The normalized spacial score (nSPS) is 28.3. The topological polar surface area (TPSA) is 58.9 Å². The summed E-state index contributed by atoms with van der Waals surface area (Å²) in [6.45, 7) is 2.44. The zero-order valence-electron chi connectivity index (χ0n) is 13.5. The summed E-state index contributed by atoms with van der Waals surface area (Å²) in [5.74, 6) is 0.697. The Morgan fingerprint density at radius 3 is 2.78 bits per heavy atom. The highest BCUT2D eigenvalue weighted by Gasteiger charge is 2.36. The van der Waals surface area contributed by atoms with Crippen LogP contribution in [-0.4, -0.2) is 47.7 Å². The Balaban J connectivity index is 1.79. The molecule has 23 heavy (non-hydrogen) atoms. The van der Waals surface area contributed by atoms with Gasteiger partial charge in [-0.3, -0.25) is 0 Å². The third kappa shape index (κ3) is 5.94. The molecular weight excluding hydrogens is 312 g/mol. The van der Waals surface area contributed by atoms with E-state index >= 15 is 0 Å². The molecule has 2 rings (SSSR count). The predicted octanol–water partition coefficient (Wildman–Crippen LogP) is 2.85. The average Bonchev–Trinajstić information content (AvgIpc) is 2.58. The molecule has 1 fully saturated rings. The summed E-state index contributed by atoms with van der Waals surface area (Å²) in [5.41, 5.74) is 0. The van der Waals surface area contributed by atoms with Gasteiger partial charge in [0.2, 0.25) is 0 Å². The molecule has 128 valence electrons. The maximum atomic E-state index is 10.3. The molecular formula is C18H26O4S. The van der Waals surface area contributed by atoms with Crippen LogP contribution in [0.2, 0.25) is 0 Å². The molecule has 0 radical (unpaired) electrons. The molecule has 1 aromatic carbocycles. The van der Waals surface area contributed by atoms with E-state index in [1.54, 1.807) is 11.8 Å². The molecule has 0 aliphatic carbocycles. The van der Waals surface area contributed by atoms with Crippen molar-refractivity contribution in [3.63, 3.8) is 0 Å². The third-order valence-electron chi connectivity index (χ3n) is 3.90. The van der Waals surface area contributed by atoms with Crippen LogP contribution in [0.25, 0.3) is 0 Å². The first-order chi connectivity index (χ1) is 11.2. The fraction of sp³-hybridized carbons (Fsp3) is 0.556. The van der Waals surface area contributed by atoms with Crippen LogP contribution in [0.4, 0.5) is 0 Å². The number of benzene rings is 1. The van der Waals surface area contributed by atoms with Gasteiger partial charge < -0.3 is 19.7 Å². The standard InChI is InChI=1S/C18H26O4S/c1-2-21-17-12-14(13-19)18(20)16(22-17)10-6-7-11-23-15-8-4-3-5-9-15/h3-9,14,16-20H,2,10-13H2,1H3/b7-6+/t14-,16-,17+,18+/m1/s1. The molecule has 0 spiro atoms. The zero-order chi connectivity index (χ0) is 16.5. The second-order valence-electron chi connectivity index (χ2n) is 5.56. The van der Waals surface area contributed by atoms with Crippen LogP contribution in [-0.2, 0) is 9.47 Å². The maximum Gasteiger partial charge on any atom is 0.158 e. The van der Waals surface area contributed by atoms with Gasteiger partial charge in [-0.25, -0.2) is 0 Å². The summed E-state index contributed by atoms with van der Waals surface area (Å²) in [6, 6.07) is 10.2. The van der Waals surface area contributed by atoms with Gasteiger partial charge in [0.15, 0.2) is 6.29 Å². The first kappa shape index (κ1) is 18.5. The summed E-state index contributed by atoms with van der Waals surface area (Å²) in [7, 11) is 0. The average molecular weight is 338 g/mol. The first-order valence-electron chi connectivity index (χ1n) is 8.13. The fourth-order valence-electron chi connectivity index (χ4n) is 2.65. The van der Waals surface area contributed by atoms with E-state index in [0.29, 0.717) is 19.4 Å². The minimum absolute atomic E-state index is 0.0435. The third-order valence-corrected chi connectivity index (χ3v) is 4.86. The first-order valence-corrected chi connectivity index (χ1v) is 9.12. The Labute approximate surface area is 142 Å². The molecule has 0 aromatic heterocycles. The van der Waals surface area contributed by atoms with Crippen molar-refractivity contribution in [2.75, 3.05) is 19.0 Å². The lowest BCUT2D eigenvalue weighted by Gasteiger charge is -2.38. The Bertz CT molecular complexity index is 465. The molecule has 4 nitrogen and oxygen atoms in total. The van der Waals surface area contributed by atoms with E-state index in [1.807, 2.05) is 31.2 Å². The molecule has 1 aliphatic rings. The van der Waals surface area contributed by atoms with Crippen LogP contribution < -0.4 is 0 Å². The Hall–Kier alpha value is -0.850. The minimum Gasteiger partial charge on any atom is -0.396 e. The Morgan fingerprint density at radius 2 is 2.09 bits per heavy atom. The van der Waals surface area contributed by atoms with Crippen molar-refractivity contribution < 1.29 is 19.7 Å². The van der Waals surface area contributed by atoms with Gasteiger partial charge in [0, 0.05) is 36.2 Å².